The van der Waals surface area contributed by atoms with Crippen molar-refractivity contribution < 1.29 is 14.3 Å². The van der Waals surface area contributed by atoms with E-state index in [-0.39, 0.29) is 11.9 Å². The molecule has 4 rings (SSSR count). The molecule has 29 heavy (non-hydrogen) atoms. The standard InChI is InChI=1S/C22H24N4O3/c1-28-17-9-7-15(8-10-17)19-13-21(25-24-19)26-12-11-16(14-26)23-22(27)18-5-3-4-6-20(18)29-2/h3-10,13,16H,11-12,14H2,1-2H3,(H,23,27)(H,24,25). The lowest BCUT2D eigenvalue weighted by atomic mass is 10.1. The normalized spacial score (nSPS) is 15.9. The third-order valence-corrected chi connectivity index (χ3v) is 5.16. The molecule has 3 aromatic rings. The molecule has 7 nitrogen and oxygen atoms in total. The largest absolute Gasteiger partial charge is 0.497 e. The minimum Gasteiger partial charge on any atom is -0.497 e. The molecule has 0 aliphatic carbocycles. The third kappa shape index (κ3) is 4.03. The first-order chi connectivity index (χ1) is 14.2. The van der Waals surface area contributed by atoms with Gasteiger partial charge in [-0.05, 0) is 48.4 Å². The summed E-state index contributed by atoms with van der Waals surface area (Å²) in [5.41, 5.74) is 2.55. The molecule has 0 spiro atoms. The highest BCUT2D eigenvalue weighted by atomic mass is 16.5. The number of benzene rings is 2. The number of aromatic nitrogens is 2. The van der Waals surface area contributed by atoms with Crippen LogP contribution in [0.2, 0.25) is 0 Å². The molecule has 1 unspecified atom stereocenters. The molecule has 7 heteroatoms. The second kappa shape index (κ2) is 8.26. The minimum absolute atomic E-state index is 0.0635. The number of nitrogens with one attached hydrogen (secondary N) is 2. The topological polar surface area (TPSA) is 79.5 Å². The van der Waals surface area contributed by atoms with Crippen LogP contribution < -0.4 is 19.7 Å². The first-order valence-electron chi connectivity index (χ1n) is 9.56. The summed E-state index contributed by atoms with van der Waals surface area (Å²) in [5.74, 6) is 2.16. The molecular weight excluding hydrogens is 368 g/mol. The quantitative estimate of drug-likeness (QED) is 0.674. The van der Waals surface area contributed by atoms with E-state index in [1.54, 1.807) is 26.4 Å². The Hall–Kier alpha value is -3.48. The van der Waals surface area contributed by atoms with Gasteiger partial charge in [-0.25, -0.2) is 0 Å². The third-order valence-electron chi connectivity index (χ3n) is 5.16. The van der Waals surface area contributed by atoms with Gasteiger partial charge in [0.1, 0.15) is 11.5 Å². The predicted octanol–water partition coefficient (Wildman–Crippen LogP) is 3.10. The number of methoxy groups -OCH3 is 2. The Kier molecular flexibility index (Phi) is 5.37. The fourth-order valence-corrected chi connectivity index (χ4v) is 3.57. The Morgan fingerprint density at radius 2 is 1.93 bits per heavy atom. The van der Waals surface area contributed by atoms with Gasteiger partial charge < -0.3 is 19.7 Å². The van der Waals surface area contributed by atoms with Crippen LogP contribution in [0.15, 0.2) is 54.6 Å². The maximum atomic E-state index is 12.6. The number of aromatic amines is 1. The first kappa shape index (κ1) is 18.9. The van der Waals surface area contributed by atoms with E-state index in [4.69, 9.17) is 9.47 Å². The van der Waals surface area contributed by atoms with Crippen LogP contribution in [0.4, 0.5) is 5.82 Å². The van der Waals surface area contributed by atoms with Crippen LogP contribution in [0.25, 0.3) is 11.3 Å². The Labute approximate surface area is 169 Å². The van der Waals surface area contributed by atoms with Gasteiger partial charge in [0.2, 0.25) is 0 Å². The van der Waals surface area contributed by atoms with Crippen LogP contribution >= 0.6 is 0 Å². The fourth-order valence-electron chi connectivity index (χ4n) is 3.57. The lowest BCUT2D eigenvalue weighted by Gasteiger charge is -2.16. The van der Waals surface area contributed by atoms with Crippen molar-refractivity contribution in [1.82, 2.24) is 15.5 Å². The molecule has 0 bridgehead atoms. The number of amides is 1. The van der Waals surface area contributed by atoms with Crippen LogP contribution in [-0.4, -0.2) is 49.5 Å². The van der Waals surface area contributed by atoms with Gasteiger partial charge in [-0.15, -0.1) is 0 Å². The van der Waals surface area contributed by atoms with Gasteiger partial charge in [0.05, 0.1) is 25.5 Å². The summed E-state index contributed by atoms with van der Waals surface area (Å²) in [6.07, 6.45) is 0.867. The Morgan fingerprint density at radius 1 is 1.14 bits per heavy atom. The van der Waals surface area contributed by atoms with E-state index in [9.17, 15) is 4.79 Å². The van der Waals surface area contributed by atoms with Crippen molar-refractivity contribution in [1.29, 1.82) is 0 Å². The van der Waals surface area contributed by atoms with Crippen LogP contribution in [0.1, 0.15) is 16.8 Å². The van der Waals surface area contributed by atoms with Crippen molar-refractivity contribution in [2.45, 2.75) is 12.5 Å². The summed E-state index contributed by atoms with van der Waals surface area (Å²) in [6, 6.07) is 17.2. The maximum Gasteiger partial charge on any atom is 0.255 e. The summed E-state index contributed by atoms with van der Waals surface area (Å²) in [5, 5.41) is 10.7. The van der Waals surface area contributed by atoms with Crippen molar-refractivity contribution >= 4 is 11.7 Å². The van der Waals surface area contributed by atoms with Gasteiger partial charge >= 0.3 is 0 Å². The van der Waals surface area contributed by atoms with E-state index in [0.29, 0.717) is 17.9 Å². The van der Waals surface area contributed by atoms with Crippen LogP contribution in [0, 0.1) is 0 Å². The molecule has 1 atom stereocenters. The molecule has 150 valence electrons. The molecule has 1 aliphatic heterocycles. The molecule has 1 saturated heterocycles. The highest BCUT2D eigenvalue weighted by Crippen LogP contribution is 2.26. The van der Waals surface area contributed by atoms with Gasteiger partial charge in [0, 0.05) is 25.2 Å². The molecule has 2 heterocycles. The summed E-state index contributed by atoms with van der Waals surface area (Å²) in [6.45, 7) is 1.55. The second-order valence-electron chi connectivity index (χ2n) is 6.97. The van der Waals surface area contributed by atoms with Crippen LogP contribution in [0.3, 0.4) is 0 Å². The van der Waals surface area contributed by atoms with Crippen molar-refractivity contribution in [3.63, 3.8) is 0 Å². The van der Waals surface area contributed by atoms with Gasteiger partial charge in [-0.3, -0.25) is 9.89 Å². The average Bonchev–Trinajstić information content (AvgIpc) is 3.43. The number of hydrogen-bond acceptors (Lipinski definition) is 5. The van der Waals surface area contributed by atoms with Gasteiger partial charge in [0.25, 0.3) is 5.91 Å². The fraction of sp³-hybridized carbons (Fsp3) is 0.273. The van der Waals surface area contributed by atoms with E-state index in [1.807, 2.05) is 42.5 Å². The van der Waals surface area contributed by atoms with Crippen molar-refractivity contribution in [2.24, 2.45) is 0 Å². The number of H-pyrrole nitrogens is 1. The van der Waals surface area contributed by atoms with Gasteiger partial charge in [-0.2, -0.15) is 5.10 Å². The molecule has 1 aliphatic rings. The van der Waals surface area contributed by atoms with Crippen molar-refractivity contribution in [3.05, 3.63) is 60.2 Å². The molecule has 2 aromatic carbocycles. The predicted molar refractivity (Wildman–Crippen MR) is 112 cm³/mol. The molecule has 1 fully saturated rings. The van der Waals surface area contributed by atoms with E-state index < -0.39 is 0 Å². The van der Waals surface area contributed by atoms with Crippen molar-refractivity contribution in [3.8, 4) is 22.8 Å². The smallest absolute Gasteiger partial charge is 0.255 e. The molecule has 1 aromatic heterocycles. The lowest BCUT2D eigenvalue weighted by molar-refractivity contribution is 0.0937. The summed E-state index contributed by atoms with van der Waals surface area (Å²) >= 11 is 0. The number of rotatable bonds is 6. The van der Waals surface area contributed by atoms with Crippen molar-refractivity contribution in [2.75, 3.05) is 32.2 Å². The van der Waals surface area contributed by atoms with Gasteiger partial charge in [-0.1, -0.05) is 12.1 Å². The number of carbonyl (C=O) groups excluding carboxylic acids is 1. The van der Waals surface area contributed by atoms with Gasteiger partial charge in [0.15, 0.2) is 5.82 Å². The molecular formula is C22H24N4O3. The highest BCUT2D eigenvalue weighted by molar-refractivity contribution is 5.97. The number of carbonyl (C=O) groups is 1. The van der Waals surface area contributed by atoms with Crippen LogP contribution in [-0.2, 0) is 0 Å². The highest BCUT2D eigenvalue weighted by Gasteiger charge is 2.26. The zero-order chi connectivity index (χ0) is 20.2. The monoisotopic (exact) mass is 392 g/mol. The maximum absolute atomic E-state index is 12.6. The molecule has 0 radical (unpaired) electrons. The van der Waals surface area contributed by atoms with Crippen LogP contribution in [0.5, 0.6) is 11.5 Å². The summed E-state index contributed by atoms with van der Waals surface area (Å²) in [4.78, 5) is 14.8. The molecule has 2 N–H and O–H groups in total. The Balaban J connectivity index is 1.40. The zero-order valence-electron chi connectivity index (χ0n) is 16.5. The number of para-hydroxylation sites is 1. The number of ether oxygens (including phenoxy) is 2. The summed E-state index contributed by atoms with van der Waals surface area (Å²) < 4.78 is 10.5. The SMILES string of the molecule is COc1ccc(-c2cc(N3CCC(NC(=O)c4ccccc4OC)C3)n[nH]2)cc1. The minimum atomic E-state index is -0.116. The van der Waals surface area contributed by atoms with E-state index in [0.717, 1.165) is 35.8 Å². The molecule has 0 saturated carbocycles. The Morgan fingerprint density at radius 3 is 2.69 bits per heavy atom. The average molecular weight is 392 g/mol. The van der Waals surface area contributed by atoms with E-state index in [1.165, 1.54) is 0 Å². The number of hydrogen-bond donors (Lipinski definition) is 2. The van der Waals surface area contributed by atoms with E-state index in [2.05, 4.69) is 20.4 Å². The zero-order valence-corrected chi connectivity index (χ0v) is 16.5. The summed E-state index contributed by atoms with van der Waals surface area (Å²) in [7, 11) is 3.22. The number of nitrogens with zero attached hydrogens (tertiary/aromatic N) is 2. The lowest BCUT2D eigenvalue weighted by Crippen LogP contribution is -2.37. The van der Waals surface area contributed by atoms with E-state index >= 15 is 0 Å². The first-order valence-corrected chi connectivity index (χ1v) is 9.56. The molecule has 1 amide bonds. The number of anilines is 1. The Bertz CT molecular complexity index is 984. The second-order valence-corrected chi connectivity index (χ2v) is 6.97.